The first kappa shape index (κ1) is 19.2. The van der Waals surface area contributed by atoms with Crippen LogP contribution < -0.4 is 5.32 Å². The lowest BCUT2D eigenvalue weighted by Gasteiger charge is -2.25. The average molecular weight is 300 g/mol. The number of nitrogens with one attached hydrogen (secondary N) is 2. The molecule has 0 aliphatic heterocycles. The van der Waals surface area contributed by atoms with E-state index in [4.69, 9.17) is 14.9 Å². The highest BCUT2D eigenvalue weighted by molar-refractivity contribution is 6.26. The Morgan fingerprint density at radius 3 is 2.29 bits per heavy atom. The largest absolute Gasteiger partial charge is 0.458 e. The van der Waals surface area contributed by atoms with E-state index in [0.29, 0.717) is 6.21 Å². The molecule has 7 heteroatoms. The number of hydrogen-bond acceptors (Lipinski definition) is 6. The highest BCUT2D eigenvalue weighted by Crippen LogP contribution is 2.11. The molecule has 7 nitrogen and oxygen atoms in total. The third kappa shape index (κ3) is 8.19. The molecule has 0 spiro atoms. The van der Waals surface area contributed by atoms with Gasteiger partial charge < -0.3 is 20.2 Å². The van der Waals surface area contributed by atoms with Crippen LogP contribution in [-0.4, -0.2) is 48.7 Å². The zero-order chi connectivity index (χ0) is 16.6. The maximum Gasteiger partial charge on any atom is 0.329 e. The Morgan fingerprint density at radius 2 is 1.86 bits per heavy atom. The number of carbonyl (C=O) groups excluding carboxylic acids is 3. The molecule has 0 aliphatic rings. The molecule has 2 atom stereocenters. The zero-order valence-electron chi connectivity index (χ0n) is 13.2. The van der Waals surface area contributed by atoms with E-state index in [1.165, 1.54) is 7.11 Å². The van der Waals surface area contributed by atoms with E-state index in [9.17, 15) is 14.4 Å². The van der Waals surface area contributed by atoms with E-state index >= 15 is 0 Å². The second-order valence-electron chi connectivity index (χ2n) is 5.62. The SMILES string of the molecule is CO[C@@H](C)C(=O)N[C@@H](CCC(=O)C=N)C(=O)OC(C)(C)C. The fraction of sp³-hybridized carbons (Fsp3) is 0.714. The summed E-state index contributed by atoms with van der Waals surface area (Å²) < 4.78 is 10.1. The van der Waals surface area contributed by atoms with Crippen molar-refractivity contribution >= 4 is 23.9 Å². The lowest BCUT2D eigenvalue weighted by molar-refractivity contribution is -0.159. The Hall–Kier alpha value is -1.76. The number of carbonyl (C=O) groups is 3. The smallest absolute Gasteiger partial charge is 0.329 e. The van der Waals surface area contributed by atoms with Gasteiger partial charge in [0.2, 0.25) is 5.91 Å². The molecule has 0 rings (SSSR count). The third-order valence-corrected chi connectivity index (χ3v) is 2.57. The first-order valence-corrected chi connectivity index (χ1v) is 6.70. The van der Waals surface area contributed by atoms with Crippen LogP contribution in [0.1, 0.15) is 40.5 Å². The first-order valence-electron chi connectivity index (χ1n) is 6.70. The predicted octanol–water partition coefficient (Wildman–Crippen LogP) is 0.847. The normalized spacial score (nSPS) is 14.0. The van der Waals surface area contributed by atoms with Crippen LogP contribution in [-0.2, 0) is 23.9 Å². The molecular weight excluding hydrogens is 276 g/mol. The highest BCUT2D eigenvalue weighted by Gasteiger charge is 2.28. The van der Waals surface area contributed by atoms with Gasteiger partial charge in [-0.15, -0.1) is 0 Å². The molecule has 0 aliphatic carbocycles. The monoisotopic (exact) mass is 300 g/mol. The molecule has 21 heavy (non-hydrogen) atoms. The molecule has 0 radical (unpaired) electrons. The van der Waals surface area contributed by atoms with Gasteiger partial charge in [-0.25, -0.2) is 4.79 Å². The molecular formula is C14H24N2O5. The second-order valence-corrected chi connectivity index (χ2v) is 5.62. The molecule has 0 fully saturated rings. The van der Waals surface area contributed by atoms with Crippen molar-refractivity contribution in [3.8, 4) is 0 Å². The van der Waals surface area contributed by atoms with E-state index < -0.39 is 35.4 Å². The summed E-state index contributed by atoms with van der Waals surface area (Å²) in [6, 6.07) is -0.946. The van der Waals surface area contributed by atoms with Gasteiger partial charge in [0.25, 0.3) is 0 Å². The fourth-order valence-corrected chi connectivity index (χ4v) is 1.38. The molecule has 0 unspecified atom stereocenters. The van der Waals surface area contributed by atoms with Crippen LogP contribution in [0.15, 0.2) is 0 Å². The average Bonchev–Trinajstić information content (AvgIpc) is 2.39. The van der Waals surface area contributed by atoms with Gasteiger partial charge in [0, 0.05) is 13.5 Å². The summed E-state index contributed by atoms with van der Waals surface area (Å²) in [6.45, 7) is 6.68. The van der Waals surface area contributed by atoms with Crippen LogP contribution in [0.4, 0.5) is 0 Å². The molecule has 0 heterocycles. The van der Waals surface area contributed by atoms with E-state index in [0.717, 1.165) is 0 Å². The Bertz CT molecular complexity index is 401. The van der Waals surface area contributed by atoms with Crippen molar-refractivity contribution in [3.05, 3.63) is 0 Å². The van der Waals surface area contributed by atoms with Crippen molar-refractivity contribution < 1.29 is 23.9 Å². The van der Waals surface area contributed by atoms with Gasteiger partial charge in [0.15, 0.2) is 5.78 Å². The Morgan fingerprint density at radius 1 is 1.29 bits per heavy atom. The maximum atomic E-state index is 12.1. The molecule has 1 amide bonds. The number of ether oxygens (including phenoxy) is 2. The minimum Gasteiger partial charge on any atom is -0.458 e. The van der Waals surface area contributed by atoms with Crippen LogP contribution in [0, 0.1) is 5.41 Å². The standard InChI is InChI=1S/C14H24N2O5/c1-9(20-5)12(18)16-11(7-6-10(17)8-15)13(19)21-14(2,3)4/h8-9,11,15H,6-7H2,1-5H3,(H,16,18)/t9-,11-/m0/s1. The minimum atomic E-state index is -0.946. The second kappa shape index (κ2) is 8.51. The molecule has 0 aromatic heterocycles. The summed E-state index contributed by atoms with van der Waals surface area (Å²) in [6.07, 6.45) is 0.0277. The van der Waals surface area contributed by atoms with Gasteiger partial charge in [-0.1, -0.05) is 0 Å². The summed E-state index contributed by atoms with van der Waals surface area (Å²) in [4.78, 5) is 35.0. The Balaban J connectivity index is 4.83. The molecule has 0 aromatic carbocycles. The van der Waals surface area contributed by atoms with Crippen molar-refractivity contribution in [2.24, 2.45) is 0 Å². The van der Waals surface area contributed by atoms with Gasteiger partial charge >= 0.3 is 5.97 Å². The zero-order valence-corrected chi connectivity index (χ0v) is 13.2. The van der Waals surface area contributed by atoms with Crippen LogP contribution in [0.5, 0.6) is 0 Å². The molecule has 120 valence electrons. The summed E-state index contributed by atoms with van der Waals surface area (Å²) >= 11 is 0. The van der Waals surface area contributed by atoms with E-state index in [1.54, 1.807) is 27.7 Å². The van der Waals surface area contributed by atoms with E-state index in [2.05, 4.69) is 5.32 Å². The van der Waals surface area contributed by atoms with Crippen molar-refractivity contribution in [2.45, 2.75) is 58.3 Å². The van der Waals surface area contributed by atoms with Gasteiger partial charge in [0.05, 0.1) is 6.21 Å². The van der Waals surface area contributed by atoms with Crippen LogP contribution in [0.25, 0.3) is 0 Å². The van der Waals surface area contributed by atoms with E-state index in [1.807, 2.05) is 0 Å². The number of rotatable bonds is 8. The third-order valence-electron chi connectivity index (χ3n) is 2.57. The first-order chi connectivity index (χ1) is 9.60. The van der Waals surface area contributed by atoms with Gasteiger partial charge in [-0.3, -0.25) is 9.59 Å². The topological polar surface area (TPSA) is 106 Å². The number of esters is 1. The van der Waals surface area contributed by atoms with Crippen molar-refractivity contribution in [2.75, 3.05) is 7.11 Å². The van der Waals surface area contributed by atoms with Gasteiger partial charge in [-0.2, -0.15) is 0 Å². The highest BCUT2D eigenvalue weighted by atomic mass is 16.6. The quantitative estimate of drug-likeness (QED) is 0.510. The maximum absolute atomic E-state index is 12.1. The molecule has 0 saturated carbocycles. The van der Waals surface area contributed by atoms with Crippen molar-refractivity contribution in [3.63, 3.8) is 0 Å². The fourth-order valence-electron chi connectivity index (χ4n) is 1.38. The summed E-state index contributed by atoms with van der Waals surface area (Å²) in [5.74, 6) is -1.50. The number of Topliss-reactive ketones (excluding diaryl/α,β-unsaturated/α-hetero) is 1. The summed E-state index contributed by atoms with van der Waals surface area (Å²) in [5.41, 5.74) is -0.696. The number of ketones is 1. The van der Waals surface area contributed by atoms with Gasteiger partial charge in [0.1, 0.15) is 17.7 Å². The van der Waals surface area contributed by atoms with Crippen LogP contribution in [0.3, 0.4) is 0 Å². The lowest BCUT2D eigenvalue weighted by Crippen LogP contribution is -2.47. The Labute approximate surface area is 124 Å². The number of methoxy groups -OCH3 is 1. The Kier molecular flexibility index (Phi) is 7.80. The minimum absolute atomic E-state index is 0.0188. The predicted molar refractivity (Wildman–Crippen MR) is 77.3 cm³/mol. The molecule has 2 N–H and O–H groups in total. The molecule has 0 aromatic rings. The number of hydrogen-bond donors (Lipinski definition) is 2. The lowest BCUT2D eigenvalue weighted by atomic mass is 10.1. The summed E-state index contributed by atoms with van der Waals surface area (Å²) in [7, 11) is 1.38. The van der Waals surface area contributed by atoms with Crippen molar-refractivity contribution in [1.29, 1.82) is 5.41 Å². The van der Waals surface area contributed by atoms with E-state index in [-0.39, 0.29) is 12.8 Å². The van der Waals surface area contributed by atoms with Crippen molar-refractivity contribution in [1.82, 2.24) is 5.32 Å². The summed E-state index contributed by atoms with van der Waals surface area (Å²) in [5, 5.41) is 9.35. The van der Waals surface area contributed by atoms with Gasteiger partial charge in [-0.05, 0) is 34.1 Å². The molecule has 0 bridgehead atoms. The van der Waals surface area contributed by atoms with Crippen LogP contribution in [0.2, 0.25) is 0 Å². The molecule has 0 saturated heterocycles. The van der Waals surface area contributed by atoms with Crippen LogP contribution >= 0.6 is 0 Å². The number of amides is 1.